The van der Waals surface area contributed by atoms with Gasteiger partial charge in [-0.3, -0.25) is 14.5 Å². The van der Waals surface area contributed by atoms with E-state index >= 15 is 0 Å². The van der Waals surface area contributed by atoms with Crippen molar-refractivity contribution in [1.29, 1.82) is 0 Å². The highest BCUT2D eigenvalue weighted by Gasteiger charge is 2.37. The van der Waals surface area contributed by atoms with Gasteiger partial charge in [-0.15, -0.1) is 0 Å². The smallest absolute Gasteiger partial charge is 0.293 e. The molecule has 1 aromatic carbocycles. The number of rotatable bonds is 3. The summed E-state index contributed by atoms with van der Waals surface area (Å²) < 4.78 is 0. The van der Waals surface area contributed by atoms with E-state index in [-0.39, 0.29) is 33.6 Å². The molecule has 0 bridgehead atoms. The molecule has 0 saturated carbocycles. The summed E-state index contributed by atoms with van der Waals surface area (Å²) >= 11 is 0.858. The number of aromatic hydroxyl groups is 2. The van der Waals surface area contributed by atoms with Crippen molar-refractivity contribution in [3.8, 4) is 11.5 Å². The van der Waals surface area contributed by atoms with Gasteiger partial charge in [0.05, 0.1) is 4.91 Å². The van der Waals surface area contributed by atoms with Crippen LogP contribution < -0.4 is 0 Å². The summed E-state index contributed by atoms with van der Waals surface area (Å²) in [6, 6.07) is 3.93. The molecule has 1 saturated heterocycles. The van der Waals surface area contributed by atoms with E-state index in [2.05, 4.69) is 0 Å². The summed E-state index contributed by atoms with van der Waals surface area (Å²) in [6.07, 6.45) is 2.15. The standard InChI is InChI=1S/C14H15NO4S/c1-3-8(2)15-13(18)12(20-14(15)19)6-9-4-5-10(16)7-11(9)17/h4-8,16-17H,3H2,1-2H3/b12-6+/t8-/m1/s1. The van der Waals surface area contributed by atoms with Crippen LogP contribution in [-0.2, 0) is 4.79 Å². The number of hydrogen-bond donors (Lipinski definition) is 2. The fourth-order valence-corrected chi connectivity index (χ4v) is 2.76. The highest BCUT2D eigenvalue weighted by molar-refractivity contribution is 8.18. The maximum atomic E-state index is 12.2. The van der Waals surface area contributed by atoms with Crippen LogP contribution >= 0.6 is 11.8 Å². The molecule has 1 aliphatic rings. The molecular formula is C14H15NO4S. The first kappa shape index (κ1) is 14.5. The topological polar surface area (TPSA) is 77.8 Å². The Labute approximate surface area is 120 Å². The second-order valence-corrected chi connectivity index (χ2v) is 5.55. The number of carbonyl (C=O) groups excluding carboxylic acids is 2. The van der Waals surface area contributed by atoms with Crippen LogP contribution in [0.2, 0.25) is 0 Å². The fraction of sp³-hybridized carbons (Fsp3) is 0.286. The normalized spacial score (nSPS) is 18.9. The molecule has 6 heteroatoms. The molecular weight excluding hydrogens is 278 g/mol. The highest BCUT2D eigenvalue weighted by atomic mass is 32.2. The number of benzene rings is 1. The fourth-order valence-electron chi connectivity index (χ4n) is 1.84. The minimum absolute atomic E-state index is 0.0626. The van der Waals surface area contributed by atoms with E-state index < -0.39 is 0 Å². The van der Waals surface area contributed by atoms with Crippen molar-refractivity contribution < 1.29 is 19.8 Å². The lowest BCUT2D eigenvalue weighted by atomic mass is 10.1. The molecule has 5 nitrogen and oxygen atoms in total. The third-order valence-corrected chi connectivity index (χ3v) is 4.04. The average molecular weight is 293 g/mol. The maximum Gasteiger partial charge on any atom is 0.293 e. The highest BCUT2D eigenvalue weighted by Crippen LogP contribution is 2.35. The van der Waals surface area contributed by atoms with Crippen molar-refractivity contribution in [1.82, 2.24) is 4.90 Å². The predicted molar refractivity (Wildman–Crippen MR) is 77.3 cm³/mol. The van der Waals surface area contributed by atoms with Gasteiger partial charge in [0, 0.05) is 17.7 Å². The van der Waals surface area contributed by atoms with Crippen LogP contribution in [0.25, 0.3) is 6.08 Å². The Balaban J connectivity index is 2.32. The molecule has 0 aliphatic carbocycles. The zero-order chi connectivity index (χ0) is 14.9. The van der Waals surface area contributed by atoms with Crippen molar-refractivity contribution in [2.75, 3.05) is 0 Å². The summed E-state index contributed by atoms with van der Waals surface area (Å²) in [5, 5.41) is 18.6. The Morgan fingerprint density at radius 1 is 1.35 bits per heavy atom. The van der Waals surface area contributed by atoms with Gasteiger partial charge >= 0.3 is 0 Å². The van der Waals surface area contributed by atoms with Crippen molar-refractivity contribution >= 4 is 29.0 Å². The Kier molecular flexibility index (Phi) is 4.04. The number of amides is 2. The number of hydrogen-bond acceptors (Lipinski definition) is 5. The maximum absolute atomic E-state index is 12.2. The Bertz CT molecular complexity index is 597. The van der Waals surface area contributed by atoms with E-state index in [0.29, 0.717) is 12.0 Å². The molecule has 106 valence electrons. The first-order chi connectivity index (χ1) is 9.43. The third-order valence-electron chi connectivity index (χ3n) is 3.16. The molecule has 2 rings (SSSR count). The first-order valence-electron chi connectivity index (χ1n) is 6.23. The number of phenolic OH excluding ortho intramolecular Hbond substituents is 2. The first-order valence-corrected chi connectivity index (χ1v) is 7.04. The summed E-state index contributed by atoms with van der Waals surface area (Å²) in [6.45, 7) is 3.72. The molecule has 0 radical (unpaired) electrons. The number of nitrogens with zero attached hydrogens (tertiary/aromatic N) is 1. The van der Waals surface area contributed by atoms with E-state index in [1.165, 1.54) is 29.2 Å². The minimum Gasteiger partial charge on any atom is -0.508 e. The molecule has 1 atom stereocenters. The van der Waals surface area contributed by atoms with Gasteiger partial charge in [0.2, 0.25) is 0 Å². The van der Waals surface area contributed by atoms with Crippen molar-refractivity contribution in [2.45, 2.75) is 26.3 Å². The summed E-state index contributed by atoms with van der Waals surface area (Å²) in [5.41, 5.74) is 0.387. The Hall–Kier alpha value is -1.95. The lowest BCUT2D eigenvalue weighted by Crippen LogP contribution is -2.36. The van der Waals surface area contributed by atoms with Crippen LogP contribution in [0.4, 0.5) is 4.79 Å². The molecule has 2 N–H and O–H groups in total. The second-order valence-electron chi connectivity index (χ2n) is 4.55. The monoisotopic (exact) mass is 293 g/mol. The second kappa shape index (κ2) is 5.58. The molecule has 1 aromatic rings. The van der Waals surface area contributed by atoms with Crippen LogP contribution in [0.1, 0.15) is 25.8 Å². The van der Waals surface area contributed by atoms with Crippen LogP contribution in [0.15, 0.2) is 23.1 Å². The van der Waals surface area contributed by atoms with Gasteiger partial charge in [0.25, 0.3) is 11.1 Å². The quantitative estimate of drug-likeness (QED) is 0.838. The number of phenols is 2. The van der Waals surface area contributed by atoms with Gasteiger partial charge in [-0.2, -0.15) is 0 Å². The van der Waals surface area contributed by atoms with Crippen molar-refractivity contribution in [3.63, 3.8) is 0 Å². The molecule has 1 fully saturated rings. The van der Waals surface area contributed by atoms with Crippen LogP contribution in [-0.4, -0.2) is 32.3 Å². The molecule has 1 aliphatic heterocycles. The van der Waals surface area contributed by atoms with Crippen molar-refractivity contribution in [2.24, 2.45) is 0 Å². The van der Waals surface area contributed by atoms with E-state index in [1.54, 1.807) is 0 Å². The third kappa shape index (κ3) is 2.65. The Morgan fingerprint density at radius 2 is 2.05 bits per heavy atom. The lowest BCUT2D eigenvalue weighted by Gasteiger charge is -2.19. The molecule has 2 amide bonds. The Morgan fingerprint density at radius 3 is 2.65 bits per heavy atom. The molecule has 0 unspecified atom stereocenters. The molecule has 1 heterocycles. The van der Waals surface area contributed by atoms with Gasteiger partial charge in [0.15, 0.2) is 0 Å². The van der Waals surface area contributed by atoms with Crippen LogP contribution in [0, 0.1) is 0 Å². The van der Waals surface area contributed by atoms with Gasteiger partial charge < -0.3 is 10.2 Å². The SMILES string of the molecule is CC[C@@H](C)N1C(=O)S/C(=C/c2ccc(O)cc2O)C1=O. The predicted octanol–water partition coefficient (Wildman–Crippen LogP) is 2.93. The number of thioether (sulfide) groups is 1. The molecule has 20 heavy (non-hydrogen) atoms. The van der Waals surface area contributed by atoms with Gasteiger partial charge in [-0.05, 0) is 43.3 Å². The van der Waals surface area contributed by atoms with E-state index in [4.69, 9.17) is 0 Å². The molecule has 0 aromatic heterocycles. The van der Waals surface area contributed by atoms with E-state index in [1.807, 2.05) is 13.8 Å². The zero-order valence-corrected chi connectivity index (χ0v) is 12.0. The zero-order valence-electron chi connectivity index (χ0n) is 11.2. The number of carbonyl (C=O) groups is 2. The van der Waals surface area contributed by atoms with Gasteiger partial charge in [0.1, 0.15) is 11.5 Å². The lowest BCUT2D eigenvalue weighted by molar-refractivity contribution is -0.124. The summed E-state index contributed by atoms with van der Waals surface area (Å²) in [4.78, 5) is 25.5. The van der Waals surface area contributed by atoms with Crippen LogP contribution in [0.5, 0.6) is 11.5 Å². The largest absolute Gasteiger partial charge is 0.508 e. The van der Waals surface area contributed by atoms with Gasteiger partial charge in [-0.25, -0.2) is 0 Å². The summed E-state index contributed by atoms with van der Waals surface area (Å²) in [5.74, 6) is -0.547. The number of imide groups is 1. The van der Waals surface area contributed by atoms with Crippen molar-refractivity contribution in [3.05, 3.63) is 28.7 Å². The molecule has 0 spiro atoms. The van der Waals surface area contributed by atoms with Crippen LogP contribution in [0.3, 0.4) is 0 Å². The summed E-state index contributed by atoms with van der Waals surface area (Å²) in [7, 11) is 0. The van der Waals surface area contributed by atoms with E-state index in [9.17, 15) is 19.8 Å². The van der Waals surface area contributed by atoms with Gasteiger partial charge in [-0.1, -0.05) is 6.92 Å². The van der Waals surface area contributed by atoms with E-state index in [0.717, 1.165) is 11.8 Å². The average Bonchev–Trinajstić information content (AvgIpc) is 2.67. The minimum atomic E-state index is -0.346.